The summed E-state index contributed by atoms with van der Waals surface area (Å²) in [6.07, 6.45) is 2.74. The monoisotopic (exact) mass is 133 g/mol. The minimum absolute atomic E-state index is 0.834. The number of nitrogens with zero attached hydrogens (tertiary/aromatic N) is 1. The van der Waals surface area contributed by atoms with E-state index in [2.05, 4.69) is 0 Å². The summed E-state index contributed by atoms with van der Waals surface area (Å²) in [5, 5.41) is 11.3. The molecule has 0 saturated heterocycles. The molecule has 0 aromatic carbocycles. The van der Waals surface area contributed by atoms with E-state index >= 15 is 0 Å². The molecule has 0 aromatic heterocycles. The van der Waals surface area contributed by atoms with Crippen LogP contribution in [0.1, 0.15) is 13.3 Å². The van der Waals surface area contributed by atoms with Crippen LogP contribution in [-0.4, -0.2) is 23.1 Å². The third-order valence-electron chi connectivity index (χ3n) is 0.889. The van der Waals surface area contributed by atoms with Crippen LogP contribution in [-0.2, 0) is 0 Å². The molecule has 0 fully saturated rings. The predicted molar refractivity (Wildman–Crippen MR) is 38.4 cm³/mol. The maximum atomic E-state index is 10.5. The van der Waals surface area contributed by atoms with Gasteiger partial charge in [0.2, 0.25) is 5.04 Å². The van der Waals surface area contributed by atoms with Gasteiger partial charge in [-0.15, -0.1) is 0 Å². The van der Waals surface area contributed by atoms with E-state index in [9.17, 15) is 5.21 Å². The first kappa shape index (κ1) is 7.82. The highest BCUT2D eigenvalue weighted by Crippen LogP contribution is 1.99. The van der Waals surface area contributed by atoms with Crippen molar-refractivity contribution in [2.24, 2.45) is 0 Å². The smallest absolute Gasteiger partial charge is 0.220 e. The Labute approximate surface area is 54.2 Å². The molecule has 0 aliphatic heterocycles. The summed E-state index contributed by atoms with van der Waals surface area (Å²) >= 11 is 1.51. The van der Waals surface area contributed by atoms with Crippen LogP contribution in [0.25, 0.3) is 0 Å². The van der Waals surface area contributed by atoms with Gasteiger partial charge in [-0.2, -0.15) is 0 Å². The first-order valence-corrected chi connectivity index (χ1v) is 3.75. The molecule has 0 aromatic rings. The highest BCUT2D eigenvalue weighted by Gasteiger charge is 1.97. The molecule has 0 atom stereocenters. The van der Waals surface area contributed by atoms with E-state index in [-0.39, 0.29) is 0 Å². The van der Waals surface area contributed by atoms with Gasteiger partial charge in [-0.3, -0.25) is 0 Å². The molecule has 0 aliphatic rings. The molecule has 0 spiro atoms. The summed E-state index contributed by atoms with van der Waals surface area (Å²) in [6.45, 7) is 1.97. The van der Waals surface area contributed by atoms with Gasteiger partial charge in [0.15, 0.2) is 0 Å². The Morgan fingerprint density at radius 2 is 2.25 bits per heavy atom. The van der Waals surface area contributed by atoms with Crippen LogP contribution < -0.4 is 0 Å². The van der Waals surface area contributed by atoms with Crippen LogP contribution in [0, 0.1) is 5.21 Å². The zero-order valence-electron chi connectivity index (χ0n) is 5.47. The number of thioether (sulfide) groups is 1. The Kier molecular flexibility index (Phi) is 3.69. The lowest BCUT2D eigenvalue weighted by Gasteiger charge is -1.99. The summed E-state index contributed by atoms with van der Waals surface area (Å²) in [7, 11) is 1.52. The largest absolute Gasteiger partial charge is 0.623 e. The number of hydrogen-bond acceptors (Lipinski definition) is 2. The van der Waals surface area contributed by atoms with Crippen molar-refractivity contribution in [3.8, 4) is 0 Å². The van der Waals surface area contributed by atoms with E-state index < -0.39 is 0 Å². The second kappa shape index (κ2) is 3.78. The number of rotatable bonds is 1. The van der Waals surface area contributed by atoms with Crippen LogP contribution in [0.4, 0.5) is 0 Å². The number of hydroxylamine groups is 1. The van der Waals surface area contributed by atoms with Crippen molar-refractivity contribution in [1.29, 1.82) is 0 Å². The second-order valence-corrected chi connectivity index (χ2v) is 2.33. The Hall–Kier alpha value is -0.180. The van der Waals surface area contributed by atoms with Crippen LogP contribution >= 0.6 is 11.8 Å². The van der Waals surface area contributed by atoms with Crippen molar-refractivity contribution in [1.82, 2.24) is 0 Å². The third kappa shape index (κ3) is 2.21. The van der Waals surface area contributed by atoms with Crippen molar-refractivity contribution in [2.75, 3.05) is 13.3 Å². The van der Waals surface area contributed by atoms with E-state index in [1.807, 2.05) is 13.2 Å². The van der Waals surface area contributed by atoms with Crippen molar-refractivity contribution in [3.63, 3.8) is 0 Å². The van der Waals surface area contributed by atoms with Gasteiger partial charge in [-0.25, -0.2) is 4.74 Å². The maximum Gasteiger partial charge on any atom is 0.220 e. The summed E-state index contributed by atoms with van der Waals surface area (Å²) < 4.78 is 0.907. The Balaban J connectivity index is 3.86. The molecule has 0 amide bonds. The summed E-state index contributed by atoms with van der Waals surface area (Å²) in [6, 6.07) is 0. The average molecular weight is 133 g/mol. The SMILES string of the molecule is CC/C(SC)=[N+](/C)[O-]. The first-order chi connectivity index (χ1) is 3.72. The Morgan fingerprint density at radius 1 is 1.75 bits per heavy atom. The summed E-state index contributed by atoms with van der Waals surface area (Å²) in [5.74, 6) is 0. The molecule has 0 rings (SSSR count). The molecule has 3 heteroatoms. The topological polar surface area (TPSA) is 26.1 Å². The van der Waals surface area contributed by atoms with Gasteiger partial charge in [-0.1, -0.05) is 18.7 Å². The molecule has 0 radical (unpaired) electrons. The van der Waals surface area contributed by atoms with Gasteiger partial charge in [-0.05, 0) is 6.26 Å². The van der Waals surface area contributed by atoms with E-state index in [0.717, 1.165) is 16.2 Å². The van der Waals surface area contributed by atoms with Gasteiger partial charge < -0.3 is 5.21 Å². The van der Waals surface area contributed by atoms with Gasteiger partial charge in [0.25, 0.3) is 0 Å². The second-order valence-electron chi connectivity index (χ2n) is 1.45. The molecule has 0 saturated carbocycles. The minimum Gasteiger partial charge on any atom is -0.623 e. The van der Waals surface area contributed by atoms with Gasteiger partial charge in [0, 0.05) is 6.42 Å². The van der Waals surface area contributed by atoms with Gasteiger partial charge in [0.1, 0.15) is 7.05 Å². The molecule has 0 bridgehead atoms. The molecule has 0 unspecified atom stereocenters. The molecular formula is C5H11NOS. The molecule has 0 heterocycles. The first-order valence-electron chi connectivity index (χ1n) is 2.53. The lowest BCUT2D eigenvalue weighted by atomic mass is 10.5. The number of hydrogen-bond donors (Lipinski definition) is 0. The Bertz CT molecular complexity index is 90.6. The Morgan fingerprint density at radius 3 is 2.25 bits per heavy atom. The van der Waals surface area contributed by atoms with E-state index in [0.29, 0.717) is 0 Å². The van der Waals surface area contributed by atoms with E-state index in [1.54, 1.807) is 0 Å². The van der Waals surface area contributed by atoms with Crippen LogP contribution in [0.2, 0.25) is 0 Å². The molecular weight excluding hydrogens is 122 g/mol. The lowest BCUT2D eigenvalue weighted by molar-refractivity contribution is -0.420. The van der Waals surface area contributed by atoms with Crippen LogP contribution in [0.3, 0.4) is 0 Å². The highest BCUT2D eigenvalue weighted by atomic mass is 32.2. The predicted octanol–water partition coefficient (Wildman–Crippen LogP) is 1.30. The third-order valence-corrected chi connectivity index (χ3v) is 1.91. The van der Waals surface area contributed by atoms with Gasteiger partial charge >= 0.3 is 0 Å². The molecule has 0 N–H and O–H groups in total. The molecule has 8 heavy (non-hydrogen) atoms. The summed E-state index contributed by atoms with van der Waals surface area (Å²) in [4.78, 5) is 0. The normalized spacial score (nSPS) is 13.4. The zero-order chi connectivity index (χ0) is 6.57. The zero-order valence-corrected chi connectivity index (χ0v) is 6.29. The summed E-state index contributed by atoms with van der Waals surface area (Å²) in [5.41, 5.74) is 0. The molecule has 48 valence electrons. The standard InChI is InChI=1S/C5H11NOS/c1-4-5(8-3)6(2)7/h4H2,1-3H3/b6-5+. The average Bonchev–Trinajstić information content (AvgIpc) is 1.69. The lowest BCUT2D eigenvalue weighted by Crippen LogP contribution is -2.05. The molecule has 2 nitrogen and oxygen atoms in total. The quantitative estimate of drug-likeness (QED) is 0.177. The van der Waals surface area contributed by atoms with Crippen LogP contribution in [0.5, 0.6) is 0 Å². The van der Waals surface area contributed by atoms with Crippen LogP contribution in [0.15, 0.2) is 0 Å². The van der Waals surface area contributed by atoms with Gasteiger partial charge in [0.05, 0.1) is 0 Å². The van der Waals surface area contributed by atoms with Crippen molar-refractivity contribution in [2.45, 2.75) is 13.3 Å². The van der Waals surface area contributed by atoms with Crippen molar-refractivity contribution >= 4 is 16.8 Å². The van der Waals surface area contributed by atoms with Crippen molar-refractivity contribution in [3.05, 3.63) is 5.21 Å². The fourth-order valence-corrected chi connectivity index (χ4v) is 1.04. The fourth-order valence-electron chi connectivity index (χ4n) is 0.496. The van der Waals surface area contributed by atoms with E-state index in [1.165, 1.54) is 18.8 Å². The molecule has 0 aliphatic carbocycles. The fraction of sp³-hybridized carbons (Fsp3) is 0.800. The van der Waals surface area contributed by atoms with Crippen molar-refractivity contribution < 1.29 is 4.74 Å². The maximum absolute atomic E-state index is 10.5. The highest BCUT2D eigenvalue weighted by molar-refractivity contribution is 8.13. The van der Waals surface area contributed by atoms with E-state index in [4.69, 9.17) is 0 Å². The minimum atomic E-state index is 0.834.